The van der Waals surface area contributed by atoms with Crippen molar-refractivity contribution in [3.05, 3.63) is 12.2 Å². The first-order valence-electron chi connectivity index (χ1n) is 6.19. The average molecular weight is 256 g/mol. The van der Waals surface area contributed by atoms with Gasteiger partial charge in [-0.05, 0) is 30.4 Å². The van der Waals surface area contributed by atoms with Crippen LogP contribution in [0.5, 0.6) is 0 Å². The molecule has 0 saturated carbocycles. The predicted molar refractivity (Wildman–Crippen MR) is 74.1 cm³/mol. The molecule has 0 amide bonds. The zero-order valence-corrected chi connectivity index (χ0v) is 12.1. The summed E-state index contributed by atoms with van der Waals surface area (Å²) in [5.41, 5.74) is 0. The summed E-state index contributed by atoms with van der Waals surface area (Å²) in [6.07, 6.45) is 3.79. The van der Waals surface area contributed by atoms with Crippen LogP contribution in [0.2, 0.25) is 0 Å². The van der Waals surface area contributed by atoms with Crippen molar-refractivity contribution >= 4 is 11.8 Å². The second-order valence-electron chi connectivity index (χ2n) is 4.94. The summed E-state index contributed by atoms with van der Waals surface area (Å²) >= 11 is 1.90. The van der Waals surface area contributed by atoms with E-state index in [0.717, 1.165) is 25.5 Å². The molecule has 1 rings (SSSR count). The van der Waals surface area contributed by atoms with Crippen LogP contribution in [0.15, 0.2) is 6.33 Å². The molecule has 0 spiro atoms. The third kappa shape index (κ3) is 5.55. The number of nitrogens with zero attached hydrogens (tertiary/aromatic N) is 3. The van der Waals surface area contributed by atoms with Gasteiger partial charge in [0.15, 0.2) is 0 Å². The molecule has 98 valence electrons. The molecule has 1 atom stereocenters. The molecule has 1 aromatic heterocycles. The lowest BCUT2D eigenvalue weighted by atomic mass is 10.2. The smallest absolute Gasteiger partial charge is 0.140 e. The maximum atomic E-state index is 4.30. The van der Waals surface area contributed by atoms with Crippen molar-refractivity contribution in [2.45, 2.75) is 33.9 Å². The molecule has 0 aliphatic carbocycles. The Labute approximate surface area is 109 Å². The van der Waals surface area contributed by atoms with Crippen LogP contribution in [0.1, 0.15) is 26.6 Å². The van der Waals surface area contributed by atoms with E-state index in [0.29, 0.717) is 11.8 Å². The SMILES string of the molecule is CSCC(C)CNCc1ncnn1CC(C)C. The summed E-state index contributed by atoms with van der Waals surface area (Å²) < 4.78 is 2.00. The summed E-state index contributed by atoms with van der Waals surface area (Å²) in [6, 6.07) is 0. The van der Waals surface area contributed by atoms with E-state index in [1.165, 1.54) is 5.75 Å². The molecule has 1 unspecified atom stereocenters. The largest absolute Gasteiger partial charge is 0.310 e. The molecule has 0 aromatic carbocycles. The highest BCUT2D eigenvalue weighted by molar-refractivity contribution is 7.98. The van der Waals surface area contributed by atoms with E-state index in [1.807, 2.05) is 16.4 Å². The minimum atomic E-state index is 0.603. The van der Waals surface area contributed by atoms with Crippen molar-refractivity contribution in [1.29, 1.82) is 0 Å². The Kier molecular flexibility index (Phi) is 6.58. The van der Waals surface area contributed by atoms with Crippen molar-refractivity contribution in [3.8, 4) is 0 Å². The van der Waals surface area contributed by atoms with E-state index in [4.69, 9.17) is 0 Å². The quantitative estimate of drug-likeness (QED) is 0.773. The lowest BCUT2D eigenvalue weighted by molar-refractivity contribution is 0.452. The molecule has 4 nitrogen and oxygen atoms in total. The summed E-state index contributed by atoms with van der Waals surface area (Å²) in [4.78, 5) is 4.30. The Bertz CT molecular complexity index is 311. The van der Waals surface area contributed by atoms with E-state index in [2.05, 4.69) is 42.4 Å². The maximum absolute atomic E-state index is 4.30. The number of rotatable bonds is 8. The first-order chi connectivity index (χ1) is 8.13. The van der Waals surface area contributed by atoms with Gasteiger partial charge in [-0.3, -0.25) is 0 Å². The standard InChI is InChI=1S/C12H24N4S/c1-10(2)7-16-12(14-9-15-16)6-13-5-11(3)8-17-4/h9-11,13H,5-8H2,1-4H3. The van der Waals surface area contributed by atoms with Gasteiger partial charge < -0.3 is 5.32 Å². The van der Waals surface area contributed by atoms with Crippen LogP contribution < -0.4 is 5.32 Å². The van der Waals surface area contributed by atoms with Crippen molar-refractivity contribution in [2.75, 3.05) is 18.6 Å². The van der Waals surface area contributed by atoms with Gasteiger partial charge in [0, 0.05) is 6.54 Å². The summed E-state index contributed by atoms with van der Waals surface area (Å²) in [6.45, 7) is 9.44. The molecular weight excluding hydrogens is 232 g/mol. The molecule has 0 radical (unpaired) electrons. The highest BCUT2D eigenvalue weighted by atomic mass is 32.2. The van der Waals surface area contributed by atoms with Crippen LogP contribution >= 0.6 is 11.8 Å². The van der Waals surface area contributed by atoms with E-state index < -0.39 is 0 Å². The second-order valence-corrected chi connectivity index (χ2v) is 5.85. The molecular formula is C12H24N4S. The lowest BCUT2D eigenvalue weighted by Gasteiger charge is -2.12. The van der Waals surface area contributed by atoms with Gasteiger partial charge in [-0.15, -0.1) is 0 Å². The van der Waals surface area contributed by atoms with Gasteiger partial charge in [-0.1, -0.05) is 20.8 Å². The third-order valence-corrected chi connectivity index (χ3v) is 3.36. The lowest BCUT2D eigenvalue weighted by Crippen LogP contribution is -2.24. The van der Waals surface area contributed by atoms with E-state index in [-0.39, 0.29) is 0 Å². The Balaban J connectivity index is 2.33. The van der Waals surface area contributed by atoms with E-state index in [9.17, 15) is 0 Å². The fourth-order valence-electron chi connectivity index (χ4n) is 1.70. The van der Waals surface area contributed by atoms with Gasteiger partial charge in [0.2, 0.25) is 0 Å². The molecule has 1 aromatic rings. The zero-order chi connectivity index (χ0) is 12.7. The summed E-state index contributed by atoms with van der Waals surface area (Å²) in [5.74, 6) is 3.54. The van der Waals surface area contributed by atoms with E-state index >= 15 is 0 Å². The van der Waals surface area contributed by atoms with Crippen molar-refractivity contribution < 1.29 is 0 Å². The van der Waals surface area contributed by atoms with E-state index in [1.54, 1.807) is 6.33 Å². The van der Waals surface area contributed by atoms with Gasteiger partial charge >= 0.3 is 0 Å². The van der Waals surface area contributed by atoms with Crippen LogP contribution in [0.25, 0.3) is 0 Å². The Hall–Kier alpha value is -0.550. The zero-order valence-electron chi connectivity index (χ0n) is 11.3. The van der Waals surface area contributed by atoms with Crippen molar-refractivity contribution in [2.24, 2.45) is 11.8 Å². The van der Waals surface area contributed by atoms with Gasteiger partial charge in [0.25, 0.3) is 0 Å². The first-order valence-corrected chi connectivity index (χ1v) is 7.59. The van der Waals surface area contributed by atoms with Crippen molar-refractivity contribution in [1.82, 2.24) is 20.1 Å². The molecule has 17 heavy (non-hydrogen) atoms. The Morgan fingerprint density at radius 3 is 2.82 bits per heavy atom. The van der Waals surface area contributed by atoms with Gasteiger partial charge in [-0.25, -0.2) is 9.67 Å². The number of hydrogen-bond acceptors (Lipinski definition) is 4. The Morgan fingerprint density at radius 1 is 1.41 bits per heavy atom. The monoisotopic (exact) mass is 256 g/mol. The highest BCUT2D eigenvalue weighted by Crippen LogP contribution is 2.04. The molecule has 0 aliphatic heterocycles. The van der Waals surface area contributed by atoms with Crippen LogP contribution in [-0.2, 0) is 13.1 Å². The summed E-state index contributed by atoms with van der Waals surface area (Å²) in [5, 5.41) is 7.70. The second kappa shape index (κ2) is 7.71. The fraction of sp³-hybridized carbons (Fsp3) is 0.833. The van der Waals surface area contributed by atoms with Gasteiger partial charge in [0.05, 0.1) is 6.54 Å². The molecule has 0 bridgehead atoms. The molecule has 5 heteroatoms. The van der Waals surface area contributed by atoms with Gasteiger partial charge in [0.1, 0.15) is 12.2 Å². The van der Waals surface area contributed by atoms with Crippen LogP contribution in [0.3, 0.4) is 0 Å². The number of nitrogens with one attached hydrogen (secondary N) is 1. The normalized spacial score (nSPS) is 13.2. The molecule has 0 saturated heterocycles. The topological polar surface area (TPSA) is 42.7 Å². The van der Waals surface area contributed by atoms with Crippen LogP contribution in [0, 0.1) is 11.8 Å². The van der Waals surface area contributed by atoms with Crippen LogP contribution in [-0.4, -0.2) is 33.3 Å². The summed E-state index contributed by atoms with van der Waals surface area (Å²) in [7, 11) is 0. The van der Waals surface area contributed by atoms with Crippen LogP contribution in [0.4, 0.5) is 0 Å². The minimum Gasteiger partial charge on any atom is -0.310 e. The molecule has 0 fully saturated rings. The first kappa shape index (κ1) is 14.5. The number of aromatic nitrogens is 3. The van der Waals surface area contributed by atoms with Gasteiger partial charge in [-0.2, -0.15) is 16.9 Å². The molecule has 0 aliphatic rings. The average Bonchev–Trinajstić information content (AvgIpc) is 2.65. The fourth-order valence-corrected chi connectivity index (χ4v) is 2.38. The Morgan fingerprint density at radius 2 is 2.18 bits per heavy atom. The van der Waals surface area contributed by atoms with Crippen molar-refractivity contribution in [3.63, 3.8) is 0 Å². The number of hydrogen-bond donors (Lipinski definition) is 1. The minimum absolute atomic E-state index is 0.603. The maximum Gasteiger partial charge on any atom is 0.140 e. The number of thioether (sulfide) groups is 1. The highest BCUT2D eigenvalue weighted by Gasteiger charge is 2.06. The molecule has 1 N–H and O–H groups in total. The third-order valence-electron chi connectivity index (χ3n) is 2.46. The molecule has 1 heterocycles. The predicted octanol–water partition coefficient (Wildman–Crippen LogP) is 2.02.